The Bertz CT molecular complexity index is 118. The molecule has 10 heavy (non-hydrogen) atoms. The van der Waals surface area contributed by atoms with Gasteiger partial charge in [0, 0.05) is 12.8 Å². The Morgan fingerprint density at radius 1 is 1.50 bits per heavy atom. The SMILES string of the molecule is NCCCC(=O)CC1CC1. The van der Waals surface area contributed by atoms with E-state index in [0.717, 1.165) is 18.8 Å². The van der Waals surface area contributed by atoms with Crippen molar-refractivity contribution >= 4 is 5.78 Å². The van der Waals surface area contributed by atoms with Gasteiger partial charge in [-0.05, 0) is 31.7 Å². The number of carbonyl (C=O) groups excluding carboxylic acids is 1. The average Bonchev–Trinajstić information content (AvgIpc) is 2.67. The summed E-state index contributed by atoms with van der Waals surface area (Å²) in [6, 6.07) is 0. The third-order valence-electron chi connectivity index (χ3n) is 1.87. The van der Waals surface area contributed by atoms with Crippen LogP contribution in [0.15, 0.2) is 0 Å². The summed E-state index contributed by atoms with van der Waals surface area (Å²) < 4.78 is 0. The molecule has 0 heterocycles. The molecule has 0 aliphatic heterocycles. The Labute approximate surface area is 61.8 Å². The summed E-state index contributed by atoms with van der Waals surface area (Å²) in [7, 11) is 0. The number of carbonyl (C=O) groups is 1. The molecule has 2 heteroatoms. The van der Waals surface area contributed by atoms with Crippen LogP contribution in [0.4, 0.5) is 0 Å². The first-order chi connectivity index (χ1) is 4.83. The highest BCUT2D eigenvalue weighted by Crippen LogP contribution is 2.32. The summed E-state index contributed by atoms with van der Waals surface area (Å²) >= 11 is 0. The van der Waals surface area contributed by atoms with Gasteiger partial charge in [-0.2, -0.15) is 0 Å². The highest BCUT2D eigenvalue weighted by molar-refractivity contribution is 5.78. The fraction of sp³-hybridized carbons (Fsp3) is 0.875. The second kappa shape index (κ2) is 3.71. The van der Waals surface area contributed by atoms with E-state index in [9.17, 15) is 4.79 Å². The molecule has 2 N–H and O–H groups in total. The first-order valence-corrected chi connectivity index (χ1v) is 4.04. The molecule has 2 nitrogen and oxygen atoms in total. The Balaban J connectivity index is 1.97. The van der Waals surface area contributed by atoms with Crippen LogP contribution in [0.5, 0.6) is 0 Å². The van der Waals surface area contributed by atoms with E-state index >= 15 is 0 Å². The topological polar surface area (TPSA) is 43.1 Å². The molecule has 1 aliphatic carbocycles. The molecule has 1 aliphatic rings. The van der Waals surface area contributed by atoms with Gasteiger partial charge in [0.25, 0.3) is 0 Å². The van der Waals surface area contributed by atoms with Gasteiger partial charge < -0.3 is 5.73 Å². The molecule has 0 saturated heterocycles. The van der Waals surface area contributed by atoms with Gasteiger partial charge in [0.2, 0.25) is 0 Å². The Kier molecular flexibility index (Phi) is 2.87. The van der Waals surface area contributed by atoms with E-state index in [1.165, 1.54) is 12.8 Å². The number of hydrogen-bond acceptors (Lipinski definition) is 2. The van der Waals surface area contributed by atoms with E-state index in [-0.39, 0.29) is 0 Å². The highest BCUT2D eigenvalue weighted by atomic mass is 16.1. The van der Waals surface area contributed by atoms with E-state index in [1.54, 1.807) is 0 Å². The van der Waals surface area contributed by atoms with Crippen molar-refractivity contribution in [3.05, 3.63) is 0 Å². The first kappa shape index (κ1) is 7.73. The Morgan fingerprint density at radius 3 is 2.70 bits per heavy atom. The van der Waals surface area contributed by atoms with Gasteiger partial charge in [-0.3, -0.25) is 4.79 Å². The molecule has 0 bridgehead atoms. The van der Waals surface area contributed by atoms with Crippen molar-refractivity contribution in [3.8, 4) is 0 Å². The summed E-state index contributed by atoms with van der Waals surface area (Å²) in [5.74, 6) is 1.15. The van der Waals surface area contributed by atoms with E-state index in [4.69, 9.17) is 5.73 Å². The van der Waals surface area contributed by atoms with Gasteiger partial charge in [0.05, 0.1) is 0 Å². The minimum Gasteiger partial charge on any atom is -0.330 e. The predicted molar refractivity (Wildman–Crippen MR) is 40.6 cm³/mol. The van der Waals surface area contributed by atoms with Crippen LogP contribution < -0.4 is 5.73 Å². The lowest BCUT2D eigenvalue weighted by Gasteiger charge is -1.95. The molecular formula is C8H15NO. The monoisotopic (exact) mass is 141 g/mol. The van der Waals surface area contributed by atoms with E-state index < -0.39 is 0 Å². The largest absolute Gasteiger partial charge is 0.330 e. The summed E-state index contributed by atoms with van der Waals surface area (Å²) in [6.45, 7) is 0.649. The number of ketones is 1. The molecule has 0 amide bonds. The second-order valence-electron chi connectivity index (χ2n) is 3.08. The van der Waals surface area contributed by atoms with Gasteiger partial charge in [0.1, 0.15) is 5.78 Å². The fourth-order valence-corrected chi connectivity index (χ4v) is 1.05. The predicted octanol–water partition coefficient (Wildman–Crippen LogP) is 1.09. The molecule has 1 rings (SSSR count). The molecule has 0 spiro atoms. The fourth-order valence-electron chi connectivity index (χ4n) is 1.05. The van der Waals surface area contributed by atoms with Gasteiger partial charge in [-0.25, -0.2) is 0 Å². The summed E-state index contributed by atoms with van der Waals surface area (Å²) in [4.78, 5) is 11.0. The number of hydrogen-bond donors (Lipinski definition) is 1. The normalized spacial score (nSPS) is 17.3. The molecule has 0 aromatic carbocycles. The zero-order valence-corrected chi connectivity index (χ0v) is 6.31. The maximum absolute atomic E-state index is 11.0. The molecule has 0 aromatic heterocycles. The van der Waals surface area contributed by atoms with Crippen LogP contribution in [0.1, 0.15) is 32.1 Å². The Morgan fingerprint density at radius 2 is 2.20 bits per heavy atom. The van der Waals surface area contributed by atoms with Crippen LogP contribution in [0.25, 0.3) is 0 Å². The molecule has 0 atom stereocenters. The van der Waals surface area contributed by atoms with Crippen molar-refractivity contribution in [2.75, 3.05) is 6.54 Å². The third-order valence-corrected chi connectivity index (χ3v) is 1.87. The van der Waals surface area contributed by atoms with Gasteiger partial charge in [0.15, 0.2) is 0 Å². The van der Waals surface area contributed by atoms with E-state index in [0.29, 0.717) is 18.7 Å². The standard InChI is InChI=1S/C8H15NO/c9-5-1-2-8(10)6-7-3-4-7/h7H,1-6,9H2. The van der Waals surface area contributed by atoms with E-state index in [1.807, 2.05) is 0 Å². The molecule has 0 radical (unpaired) electrons. The lowest BCUT2D eigenvalue weighted by molar-refractivity contribution is -0.119. The average molecular weight is 141 g/mol. The maximum Gasteiger partial charge on any atom is 0.133 e. The second-order valence-corrected chi connectivity index (χ2v) is 3.08. The lowest BCUT2D eigenvalue weighted by atomic mass is 10.1. The number of rotatable bonds is 5. The third kappa shape index (κ3) is 2.97. The van der Waals surface area contributed by atoms with Crippen LogP contribution in [0.2, 0.25) is 0 Å². The van der Waals surface area contributed by atoms with Crippen LogP contribution >= 0.6 is 0 Å². The highest BCUT2D eigenvalue weighted by Gasteiger charge is 2.23. The van der Waals surface area contributed by atoms with Crippen LogP contribution in [-0.4, -0.2) is 12.3 Å². The van der Waals surface area contributed by atoms with Crippen molar-refractivity contribution in [2.45, 2.75) is 32.1 Å². The van der Waals surface area contributed by atoms with Crippen molar-refractivity contribution in [2.24, 2.45) is 11.7 Å². The van der Waals surface area contributed by atoms with Gasteiger partial charge in [-0.15, -0.1) is 0 Å². The maximum atomic E-state index is 11.0. The summed E-state index contributed by atoms with van der Waals surface area (Å²) in [6.07, 6.45) is 4.93. The quantitative estimate of drug-likeness (QED) is 0.623. The first-order valence-electron chi connectivity index (χ1n) is 4.04. The minimum atomic E-state index is 0.410. The molecule has 0 unspecified atom stereocenters. The molecule has 1 saturated carbocycles. The number of Topliss-reactive ketones (excluding diaryl/α,β-unsaturated/α-hetero) is 1. The molecule has 58 valence electrons. The molecular weight excluding hydrogens is 126 g/mol. The summed E-state index contributed by atoms with van der Waals surface area (Å²) in [5.41, 5.74) is 5.27. The zero-order chi connectivity index (χ0) is 7.40. The van der Waals surface area contributed by atoms with Crippen molar-refractivity contribution in [3.63, 3.8) is 0 Å². The number of nitrogens with two attached hydrogens (primary N) is 1. The van der Waals surface area contributed by atoms with Crippen LogP contribution in [0.3, 0.4) is 0 Å². The lowest BCUT2D eigenvalue weighted by Crippen LogP contribution is -2.04. The molecule has 1 fully saturated rings. The van der Waals surface area contributed by atoms with Crippen molar-refractivity contribution in [1.29, 1.82) is 0 Å². The van der Waals surface area contributed by atoms with Gasteiger partial charge in [-0.1, -0.05) is 0 Å². The zero-order valence-electron chi connectivity index (χ0n) is 6.31. The van der Waals surface area contributed by atoms with E-state index in [2.05, 4.69) is 0 Å². The summed E-state index contributed by atoms with van der Waals surface area (Å²) in [5, 5.41) is 0. The van der Waals surface area contributed by atoms with Crippen LogP contribution in [0, 0.1) is 5.92 Å². The minimum absolute atomic E-state index is 0.410. The van der Waals surface area contributed by atoms with Crippen molar-refractivity contribution < 1.29 is 4.79 Å². The smallest absolute Gasteiger partial charge is 0.133 e. The Hall–Kier alpha value is -0.370. The molecule has 0 aromatic rings. The van der Waals surface area contributed by atoms with Crippen molar-refractivity contribution in [1.82, 2.24) is 0 Å². The van der Waals surface area contributed by atoms with Gasteiger partial charge >= 0.3 is 0 Å². The van der Waals surface area contributed by atoms with Crippen LogP contribution in [-0.2, 0) is 4.79 Å².